The summed E-state index contributed by atoms with van der Waals surface area (Å²) in [4.78, 5) is 5.50. The van der Waals surface area contributed by atoms with Crippen molar-refractivity contribution in [2.45, 2.75) is 0 Å². The van der Waals surface area contributed by atoms with Gasteiger partial charge in [0, 0.05) is 27.3 Å². The lowest BCUT2D eigenvalue weighted by molar-refractivity contribution is 1.18. The van der Waals surface area contributed by atoms with Crippen LogP contribution in [0.4, 0.5) is 0 Å². The second kappa shape index (κ2) is 11.0. The van der Waals surface area contributed by atoms with Gasteiger partial charge in [0.05, 0.1) is 16.7 Å². The number of rotatable bonds is 6. The highest BCUT2D eigenvalue weighted by Gasteiger charge is 2.43. The molecule has 44 heavy (non-hydrogen) atoms. The summed E-state index contributed by atoms with van der Waals surface area (Å²) in [5.41, 5.74) is 5.70. The topological polar surface area (TPSA) is 17.8 Å². The van der Waals surface area contributed by atoms with Crippen molar-refractivity contribution in [1.29, 1.82) is 0 Å². The van der Waals surface area contributed by atoms with Crippen molar-refractivity contribution in [2.75, 3.05) is 0 Å². The molecule has 0 saturated carbocycles. The van der Waals surface area contributed by atoms with Crippen molar-refractivity contribution in [3.8, 4) is 16.9 Å². The van der Waals surface area contributed by atoms with Crippen LogP contribution < -0.4 is 20.9 Å². The van der Waals surface area contributed by atoms with Crippen LogP contribution in [0.15, 0.2) is 182 Å². The number of pyridine rings is 1. The van der Waals surface area contributed by atoms with Gasteiger partial charge in [-0.15, -0.1) is 0 Å². The van der Waals surface area contributed by atoms with E-state index in [9.17, 15) is 0 Å². The average Bonchev–Trinajstić information content (AvgIpc) is 3.44. The Labute approximate surface area is 258 Å². The highest BCUT2D eigenvalue weighted by Crippen LogP contribution is 2.32. The minimum absolute atomic E-state index is 0.994. The Hall–Kier alpha value is -5.51. The minimum Gasteiger partial charge on any atom is -0.309 e. The summed E-state index contributed by atoms with van der Waals surface area (Å²) in [5, 5.41) is 7.58. The van der Waals surface area contributed by atoms with E-state index in [1.165, 1.54) is 43.1 Å². The largest absolute Gasteiger partial charge is 0.309 e. The van der Waals surface area contributed by atoms with Gasteiger partial charge in [0.15, 0.2) is 0 Å². The highest BCUT2D eigenvalue weighted by atomic mass is 28.3. The van der Waals surface area contributed by atoms with Crippen LogP contribution in [-0.4, -0.2) is 17.6 Å². The fraction of sp³-hybridized carbons (Fsp3) is 0. The molecule has 0 fully saturated rings. The second-order valence-corrected chi connectivity index (χ2v) is 14.9. The van der Waals surface area contributed by atoms with Crippen LogP contribution in [0.25, 0.3) is 38.8 Å². The summed E-state index contributed by atoms with van der Waals surface area (Å²) in [7, 11) is -2.86. The van der Waals surface area contributed by atoms with Gasteiger partial charge in [-0.1, -0.05) is 146 Å². The Bertz CT molecular complexity index is 2170. The van der Waals surface area contributed by atoms with Crippen molar-refractivity contribution in [3.05, 3.63) is 182 Å². The van der Waals surface area contributed by atoms with E-state index in [0.717, 1.165) is 16.6 Å². The monoisotopic (exact) mass is 578 g/mol. The van der Waals surface area contributed by atoms with Crippen LogP contribution in [0.1, 0.15) is 0 Å². The first-order valence-electron chi connectivity index (χ1n) is 15.1. The molecule has 0 amide bonds. The molecule has 3 heteroatoms. The maximum Gasteiger partial charge on any atom is 0.201 e. The first-order valence-corrected chi connectivity index (χ1v) is 17.1. The Morgan fingerprint density at radius 3 is 1.66 bits per heavy atom. The number of benzene rings is 6. The zero-order valence-electron chi connectivity index (χ0n) is 24.2. The van der Waals surface area contributed by atoms with Crippen molar-refractivity contribution >= 4 is 50.8 Å². The van der Waals surface area contributed by atoms with Crippen LogP contribution in [0.2, 0.25) is 0 Å². The Kier molecular flexibility index (Phi) is 6.51. The quantitative estimate of drug-likeness (QED) is 0.150. The Balaban J connectivity index is 1.48. The maximum absolute atomic E-state index is 5.50. The predicted molar refractivity (Wildman–Crippen MR) is 188 cm³/mol. The van der Waals surface area contributed by atoms with Gasteiger partial charge < -0.3 is 4.57 Å². The SMILES string of the molecule is c1ccc(-c2cccc([Si](c3ccccc3)(c3ccccc3)c3ccc4c(c3)c3ccccc3n4-c3ccccc3)n2)cc1. The Morgan fingerprint density at radius 2 is 0.977 bits per heavy atom. The number of nitrogens with zero attached hydrogens (tertiary/aromatic N) is 2. The summed E-state index contributed by atoms with van der Waals surface area (Å²) < 4.78 is 2.39. The molecule has 0 atom stereocenters. The third-order valence-corrected chi connectivity index (χ3v) is 13.4. The van der Waals surface area contributed by atoms with Gasteiger partial charge in [-0.3, -0.25) is 4.98 Å². The fourth-order valence-corrected chi connectivity index (χ4v) is 11.4. The van der Waals surface area contributed by atoms with Gasteiger partial charge in [-0.2, -0.15) is 0 Å². The Morgan fingerprint density at radius 1 is 0.409 bits per heavy atom. The molecule has 6 aromatic carbocycles. The van der Waals surface area contributed by atoms with E-state index in [0.29, 0.717) is 0 Å². The first-order chi connectivity index (χ1) is 21.8. The lowest BCUT2D eigenvalue weighted by Gasteiger charge is -2.33. The summed E-state index contributed by atoms with van der Waals surface area (Å²) in [6, 6.07) is 65.7. The third kappa shape index (κ3) is 4.21. The number of para-hydroxylation sites is 2. The predicted octanol–water partition coefficient (Wildman–Crippen LogP) is 7.22. The maximum atomic E-state index is 5.50. The van der Waals surface area contributed by atoms with Crippen LogP contribution in [0.5, 0.6) is 0 Å². The molecule has 0 N–H and O–H groups in total. The van der Waals surface area contributed by atoms with Crippen molar-refractivity contribution in [3.63, 3.8) is 0 Å². The molecule has 0 spiro atoms. The van der Waals surface area contributed by atoms with Crippen LogP contribution in [0.3, 0.4) is 0 Å². The molecule has 2 heterocycles. The molecule has 2 aromatic heterocycles. The number of fused-ring (bicyclic) bond motifs is 3. The molecule has 0 aliphatic heterocycles. The minimum atomic E-state index is -2.86. The van der Waals surface area contributed by atoms with E-state index in [-0.39, 0.29) is 0 Å². The van der Waals surface area contributed by atoms with Crippen molar-refractivity contribution in [2.24, 2.45) is 0 Å². The summed E-state index contributed by atoms with van der Waals surface area (Å²) in [6.45, 7) is 0. The van der Waals surface area contributed by atoms with Crippen molar-refractivity contribution in [1.82, 2.24) is 9.55 Å². The summed E-state index contributed by atoms with van der Waals surface area (Å²) >= 11 is 0. The lowest BCUT2D eigenvalue weighted by Crippen LogP contribution is -2.75. The summed E-state index contributed by atoms with van der Waals surface area (Å²) in [6.07, 6.45) is 0. The molecule has 0 radical (unpaired) electrons. The van der Waals surface area contributed by atoms with Gasteiger partial charge in [-0.25, -0.2) is 0 Å². The van der Waals surface area contributed by atoms with Crippen molar-refractivity contribution < 1.29 is 0 Å². The number of hydrogen-bond donors (Lipinski definition) is 0. The second-order valence-electron chi connectivity index (χ2n) is 11.2. The molecule has 0 unspecified atom stereocenters. The molecular weight excluding hydrogens is 549 g/mol. The van der Waals surface area contributed by atoms with Gasteiger partial charge in [0.1, 0.15) is 0 Å². The molecule has 8 aromatic rings. The van der Waals surface area contributed by atoms with Crippen LogP contribution >= 0.6 is 0 Å². The standard InChI is InChI=1S/C41H30N2Si/c1-5-16-31(17-6-1)38-25-15-27-41(42-38)44(33-20-9-3-10-21-33,34-22-11-4-12-23-34)35-28-29-40-37(30-35)36-24-13-14-26-39(36)43(40)32-18-7-2-8-19-32/h1-30H. The van der Waals surface area contributed by atoms with E-state index in [2.05, 4.69) is 187 Å². The molecular formula is C41H30N2Si. The molecule has 8 rings (SSSR count). The molecule has 0 aliphatic rings. The number of aromatic nitrogens is 2. The molecule has 208 valence electrons. The first kappa shape index (κ1) is 26.1. The smallest absolute Gasteiger partial charge is 0.201 e. The lowest BCUT2D eigenvalue weighted by atomic mass is 10.1. The summed E-state index contributed by atoms with van der Waals surface area (Å²) in [5.74, 6) is 0. The number of hydrogen-bond acceptors (Lipinski definition) is 1. The molecule has 0 saturated heterocycles. The van der Waals surface area contributed by atoms with E-state index in [1.54, 1.807) is 0 Å². The van der Waals surface area contributed by atoms with E-state index in [4.69, 9.17) is 4.98 Å². The molecule has 0 bridgehead atoms. The van der Waals surface area contributed by atoms with E-state index < -0.39 is 8.07 Å². The van der Waals surface area contributed by atoms with E-state index >= 15 is 0 Å². The van der Waals surface area contributed by atoms with E-state index in [1.807, 2.05) is 0 Å². The van der Waals surface area contributed by atoms with Gasteiger partial charge in [0.25, 0.3) is 0 Å². The normalized spacial score (nSPS) is 11.6. The zero-order chi connectivity index (χ0) is 29.3. The fourth-order valence-electron chi connectivity index (χ4n) is 6.79. The molecule has 0 aliphatic carbocycles. The van der Waals surface area contributed by atoms with Gasteiger partial charge >= 0.3 is 0 Å². The average molecular weight is 579 g/mol. The van der Waals surface area contributed by atoms with Gasteiger partial charge in [-0.05, 0) is 52.0 Å². The molecule has 2 nitrogen and oxygen atoms in total. The zero-order valence-corrected chi connectivity index (χ0v) is 25.2. The van der Waals surface area contributed by atoms with Crippen LogP contribution in [-0.2, 0) is 0 Å². The van der Waals surface area contributed by atoms with Gasteiger partial charge in [0.2, 0.25) is 8.07 Å². The highest BCUT2D eigenvalue weighted by molar-refractivity contribution is 7.19. The van der Waals surface area contributed by atoms with Crippen LogP contribution in [0, 0.1) is 0 Å². The third-order valence-electron chi connectivity index (χ3n) is 8.74.